The summed E-state index contributed by atoms with van der Waals surface area (Å²) in [5.41, 5.74) is -0.831. The molecule has 0 bridgehead atoms. The van der Waals surface area contributed by atoms with Crippen LogP contribution in [0.5, 0.6) is 0 Å². The minimum atomic E-state index is -1.36. The lowest BCUT2D eigenvalue weighted by molar-refractivity contribution is -0.144. The molecule has 1 aliphatic heterocycles. The van der Waals surface area contributed by atoms with Gasteiger partial charge in [0.2, 0.25) is 0 Å². The van der Waals surface area contributed by atoms with Gasteiger partial charge in [-0.25, -0.2) is 9.59 Å². The average Bonchev–Trinajstić information content (AvgIpc) is 2.84. The van der Waals surface area contributed by atoms with Crippen LogP contribution in [-0.2, 0) is 9.53 Å². The fraction of sp³-hybridized carbons (Fsp3) is 0.333. The zero-order chi connectivity index (χ0) is 14.8. The monoisotopic (exact) mass is 406 g/mol. The quantitative estimate of drug-likeness (QED) is 0.718. The van der Waals surface area contributed by atoms with Crippen LogP contribution >= 0.6 is 31.9 Å². The lowest BCUT2D eigenvalue weighted by atomic mass is 9.99. The number of carbonyl (C=O) groups excluding carboxylic acids is 1. The Hall–Kier alpha value is -1.12. The van der Waals surface area contributed by atoms with Crippen molar-refractivity contribution in [1.82, 2.24) is 5.32 Å². The van der Waals surface area contributed by atoms with E-state index in [0.29, 0.717) is 21.2 Å². The van der Waals surface area contributed by atoms with Crippen molar-refractivity contribution in [2.24, 2.45) is 0 Å². The minimum absolute atomic E-state index is 0.0348. The number of halogens is 2. The Labute approximate surface area is 132 Å². The molecule has 0 spiro atoms. The highest BCUT2D eigenvalue weighted by Crippen LogP contribution is 2.30. The molecule has 0 radical (unpaired) electrons. The molecule has 1 aliphatic rings. The molecule has 1 aromatic rings. The zero-order valence-corrected chi connectivity index (χ0v) is 13.5. The third-order valence-corrected chi connectivity index (χ3v) is 4.31. The molecule has 20 heavy (non-hydrogen) atoms. The van der Waals surface area contributed by atoms with Gasteiger partial charge in [0, 0.05) is 22.0 Å². The van der Waals surface area contributed by atoms with Crippen LogP contribution in [0.1, 0.15) is 6.42 Å². The fourth-order valence-corrected chi connectivity index (χ4v) is 3.06. The van der Waals surface area contributed by atoms with Crippen LogP contribution in [0.2, 0.25) is 0 Å². The molecule has 1 fully saturated rings. The highest BCUT2D eigenvalue weighted by atomic mass is 79.9. The Morgan fingerprint density at radius 3 is 2.45 bits per heavy atom. The second-order valence-corrected chi connectivity index (χ2v) is 6.07. The molecule has 1 heterocycles. The smallest absolute Gasteiger partial charge is 0.332 e. The number of ether oxygens (including phenoxy) is 1. The molecule has 2 rings (SSSR count). The van der Waals surface area contributed by atoms with Crippen LogP contribution in [0.4, 0.5) is 10.5 Å². The van der Waals surface area contributed by atoms with E-state index in [4.69, 9.17) is 4.74 Å². The topological polar surface area (TPSA) is 87.7 Å². The summed E-state index contributed by atoms with van der Waals surface area (Å²) in [6.07, 6.45) is 0.243. The van der Waals surface area contributed by atoms with Gasteiger partial charge in [-0.05, 0) is 44.0 Å². The van der Waals surface area contributed by atoms with Crippen molar-refractivity contribution < 1.29 is 19.4 Å². The molecular formula is C12H12Br2N2O4. The predicted molar refractivity (Wildman–Crippen MR) is 79.8 cm³/mol. The van der Waals surface area contributed by atoms with Gasteiger partial charge >= 0.3 is 12.0 Å². The van der Waals surface area contributed by atoms with Crippen LogP contribution in [-0.4, -0.2) is 35.9 Å². The number of aliphatic carboxylic acids is 1. The average molecular weight is 408 g/mol. The normalized spacial score (nSPS) is 21.5. The maximum Gasteiger partial charge on any atom is 0.332 e. The lowest BCUT2D eigenvalue weighted by Gasteiger charge is -2.24. The van der Waals surface area contributed by atoms with Gasteiger partial charge in [-0.3, -0.25) is 0 Å². The Balaban J connectivity index is 2.11. The van der Waals surface area contributed by atoms with Crippen LogP contribution < -0.4 is 10.6 Å². The molecule has 8 heteroatoms. The van der Waals surface area contributed by atoms with Gasteiger partial charge in [-0.1, -0.05) is 6.07 Å². The number of nitrogens with one attached hydrogen (secondary N) is 2. The highest BCUT2D eigenvalue weighted by Gasteiger charge is 2.44. The number of para-hydroxylation sites is 1. The molecule has 1 atom stereocenters. The van der Waals surface area contributed by atoms with E-state index >= 15 is 0 Å². The molecule has 1 unspecified atom stereocenters. The first-order valence-corrected chi connectivity index (χ1v) is 7.37. The maximum atomic E-state index is 12.0. The van der Waals surface area contributed by atoms with Crippen molar-refractivity contribution in [3.8, 4) is 0 Å². The second-order valence-electron chi connectivity index (χ2n) is 4.37. The van der Waals surface area contributed by atoms with Gasteiger partial charge in [0.15, 0.2) is 5.54 Å². The predicted octanol–water partition coefficient (Wildman–Crippen LogP) is 2.58. The summed E-state index contributed by atoms with van der Waals surface area (Å²) in [5, 5.41) is 14.3. The van der Waals surface area contributed by atoms with Crippen LogP contribution in [0, 0.1) is 0 Å². The number of hydrogen-bond acceptors (Lipinski definition) is 3. The lowest BCUT2D eigenvalue weighted by Crippen LogP contribution is -2.56. The molecule has 0 aromatic heterocycles. The molecule has 2 amide bonds. The maximum absolute atomic E-state index is 12.0. The van der Waals surface area contributed by atoms with E-state index in [9.17, 15) is 14.7 Å². The van der Waals surface area contributed by atoms with Crippen molar-refractivity contribution in [3.05, 3.63) is 27.1 Å². The second kappa shape index (κ2) is 6.11. The fourth-order valence-electron chi connectivity index (χ4n) is 1.87. The summed E-state index contributed by atoms with van der Waals surface area (Å²) in [7, 11) is 0. The summed E-state index contributed by atoms with van der Waals surface area (Å²) in [5.74, 6) is -1.10. The van der Waals surface area contributed by atoms with Crippen molar-refractivity contribution >= 4 is 49.5 Å². The number of carboxylic acids is 1. The summed E-state index contributed by atoms with van der Waals surface area (Å²) in [6.45, 7) is 0.276. The van der Waals surface area contributed by atoms with E-state index in [1.54, 1.807) is 18.2 Å². The molecule has 108 valence electrons. The van der Waals surface area contributed by atoms with Gasteiger partial charge in [0.25, 0.3) is 0 Å². The van der Waals surface area contributed by atoms with Gasteiger partial charge in [-0.15, -0.1) is 0 Å². The molecule has 3 N–H and O–H groups in total. The largest absolute Gasteiger partial charge is 0.479 e. The Morgan fingerprint density at radius 2 is 1.95 bits per heavy atom. The number of hydrogen-bond donors (Lipinski definition) is 3. The third kappa shape index (κ3) is 3.13. The van der Waals surface area contributed by atoms with Crippen LogP contribution in [0.15, 0.2) is 27.1 Å². The van der Waals surface area contributed by atoms with Gasteiger partial charge in [-0.2, -0.15) is 0 Å². The molecule has 1 saturated heterocycles. The Kier molecular flexibility index (Phi) is 4.66. The highest BCUT2D eigenvalue weighted by molar-refractivity contribution is 9.11. The van der Waals surface area contributed by atoms with Crippen LogP contribution in [0.25, 0.3) is 0 Å². The van der Waals surface area contributed by atoms with E-state index in [1.165, 1.54) is 0 Å². The number of carboxylic acid groups (broad SMARTS) is 1. The Morgan fingerprint density at radius 1 is 1.30 bits per heavy atom. The number of urea groups is 1. The number of rotatable bonds is 3. The SMILES string of the molecule is O=C(Nc1c(Br)cccc1Br)NC1(C(=O)O)CCOC1. The van der Waals surface area contributed by atoms with Gasteiger partial charge in [0.1, 0.15) is 0 Å². The minimum Gasteiger partial charge on any atom is -0.479 e. The van der Waals surface area contributed by atoms with E-state index in [2.05, 4.69) is 42.5 Å². The van der Waals surface area contributed by atoms with Crippen molar-refractivity contribution in [3.63, 3.8) is 0 Å². The van der Waals surface area contributed by atoms with Crippen LogP contribution in [0.3, 0.4) is 0 Å². The Bertz CT molecular complexity index is 524. The van der Waals surface area contributed by atoms with E-state index in [0.717, 1.165) is 0 Å². The molecule has 6 nitrogen and oxygen atoms in total. The summed E-state index contributed by atoms with van der Waals surface area (Å²) >= 11 is 6.63. The first-order chi connectivity index (χ1) is 9.44. The standard InChI is InChI=1S/C12H12Br2N2O4/c13-7-2-1-3-8(14)9(7)15-11(19)16-12(10(17)18)4-5-20-6-12/h1-3H,4-6H2,(H,17,18)(H2,15,16,19). The summed E-state index contributed by atoms with van der Waals surface area (Å²) in [4.78, 5) is 23.3. The molecule has 1 aromatic carbocycles. The number of anilines is 1. The van der Waals surface area contributed by atoms with Gasteiger partial charge < -0.3 is 20.5 Å². The van der Waals surface area contributed by atoms with Crippen molar-refractivity contribution in [2.45, 2.75) is 12.0 Å². The zero-order valence-electron chi connectivity index (χ0n) is 10.3. The van der Waals surface area contributed by atoms with E-state index < -0.39 is 17.5 Å². The molecular weight excluding hydrogens is 396 g/mol. The van der Waals surface area contributed by atoms with Crippen molar-refractivity contribution in [1.29, 1.82) is 0 Å². The third-order valence-electron chi connectivity index (χ3n) is 2.99. The number of amides is 2. The van der Waals surface area contributed by atoms with E-state index in [-0.39, 0.29) is 13.0 Å². The summed E-state index contributed by atoms with van der Waals surface area (Å²) < 4.78 is 6.46. The van der Waals surface area contributed by atoms with Crippen molar-refractivity contribution in [2.75, 3.05) is 18.5 Å². The summed E-state index contributed by atoms with van der Waals surface area (Å²) in [6, 6.07) is 4.75. The van der Waals surface area contributed by atoms with Gasteiger partial charge in [0.05, 0.1) is 12.3 Å². The number of carbonyl (C=O) groups is 2. The number of benzene rings is 1. The first-order valence-electron chi connectivity index (χ1n) is 5.79. The first kappa shape index (κ1) is 15.3. The molecule has 0 saturated carbocycles. The van der Waals surface area contributed by atoms with E-state index in [1.807, 2.05) is 0 Å². The molecule has 0 aliphatic carbocycles.